The maximum atomic E-state index is 12.7. The van der Waals surface area contributed by atoms with E-state index in [1.807, 2.05) is 30.3 Å². The lowest BCUT2D eigenvalue weighted by Crippen LogP contribution is -2.24. The van der Waals surface area contributed by atoms with Gasteiger partial charge in [-0.05, 0) is 31.4 Å². The van der Waals surface area contributed by atoms with Crippen molar-refractivity contribution in [3.8, 4) is 5.69 Å². The molecular weight excluding hydrogens is 342 g/mol. The molecule has 8 heteroatoms. The third-order valence-electron chi connectivity index (χ3n) is 4.62. The van der Waals surface area contributed by atoms with Crippen LogP contribution in [-0.4, -0.2) is 35.2 Å². The first-order valence-corrected chi connectivity index (χ1v) is 9.95. The highest BCUT2D eigenvalue weighted by molar-refractivity contribution is 7.91. The van der Waals surface area contributed by atoms with Gasteiger partial charge in [-0.15, -0.1) is 0 Å². The SMILES string of the molecule is Cc1c(NC(=O)C[C@H]2CCS(=O)(=O)C2)c(=O)n(-c2ccccc2)n1C. The predicted octanol–water partition coefficient (Wildman–Crippen LogP) is 1.25. The molecule has 1 aliphatic heterocycles. The van der Waals surface area contributed by atoms with Crippen LogP contribution in [0.1, 0.15) is 18.5 Å². The third-order valence-corrected chi connectivity index (χ3v) is 6.46. The van der Waals surface area contributed by atoms with Gasteiger partial charge >= 0.3 is 0 Å². The van der Waals surface area contributed by atoms with E-state index in [-0.39, 0.29) is 41.0 Å². The van der Waals surface area contributed by atoms with Crippen molar-refractivity contribution in [3.05, 3.63) is 46.4 Å². The maximum Gasteiger partial charge on any atom is 0.295 e. The molecule has 1 aromatic carbocycles. The van der Waals surface area contributed by atoms with E-state index in [0.29, 0.717) is 17.8 Å². The van der Waals surface area contributed by atoms with Crippen LogP contribution >= 0.6 is 0 Å². The van der Waals surface area contributed by atoms with Crippen molar-refractivity contribution in [2.75, 3.05) is 16.8 Å². The zero-order valence-electron chi connectivity index (χ0n) is 14.2. The summed E-state index contributed by atoms with van der Waals surface area (Å²) in [7, 11) is -1.27. The minimum Gasteiger partial charge on any atom is -0.320 e. The van der Waals surface area contributed by atoms with Crippen molar-refractivity contribution >= 4 is 21.4 Å². The first-order chi connectivity index (χ1) is 11.8. The minimum atomic E-state index is -3.02. The Morgan fingerprint density at radius 2 is 1.96 bits per heavy atom. The zero-order chi connectivity index (χ0) is 18.2. The molecule has 1 aromatic heterocycles. The molecule has 7 nitrogen and oxygen atoms in total. The van der Waals surface area contributed by atoms with Gasteiger partial charge in [0.2, 0.25) is 5.91 Å². The average molecular weight is 363 g/mol. The van der Waals surface area contributed by atoms with Crippen molar-refractivity contribution in [1.29, 1.82) is 0 Å². The Bertz CT molecular complexity index is 958. The summed E-state index contributed by atoms with van der Waals surface area (Å²) in [4.78, 5) is 25.0. The van der Waals surface area contributed by atoms with Crippen LogP contribution in [0.2, 0.25) is 0 Å². The van der Waals surface area contributed by atoms with Crippen LogP contribution in [0, 0.1) is 12.8 Å². The van der Waals surface area contributed by atoms with Crippen LogP contribution in [0.5, 0.6) is 0 Å². The molecule has 0 aliphatic carbocycles. The molecule has 0 spiro atoms. The second kappa shape index (κ2) is 6.51. The van der Waals surface area contributed by atoms with Crippen molar-refractivity contribution in [2.45, 2.75) is 19.8 Å². The summed E-state index contributed by atoms with van der Waals surface area (Å²) in [5.74, 6) is -0.322. The molecule has 1 amide bonds. The van der Waals surface area contributed by atoms with Gasteiger partial charge in [-0.25, -0.2) is 13.1 Å². The molecule has 1 aliphatic rings. The van der Waals surface area contributed by atoms with Gasteiger partial charge < -0.3 is 5.32 Å². The average Bonchev–Trinajstić information content (AvgIpc) is 3.00. The highest BCUT2D eigenvalue weighted by Crippen LogP contribution is 2.22. The van der Waals surface area contributed by atoms with Crippen LogP contribution in [0.15, 0.2) is 35.1 Å². The van der Waals surface area contributed by atoms with E-state index in [9.17, 15) is 18.0 Å². The number of sulfone groups is 1. The first-order valence-electron chi connectivity index (χ1n) is 8.13. The third kappa shape index (κ3) is 3.53. The van der Waals surface area contributed by atoms with Crippen molar-refractivity contribution in [2.24, 2.45) is 13.0 Å². The van der Waals surface area contributed by atoms with Crippen LogP contribution in [0.3, 0.4) is 0 Å². The molecule has 2 aromatic rings. The number of rotatable bonds is 4. The van der Waals surface area contributed by atoms with E-state index in [2.05, 4.69) is 5.32 Å². The second-order valence-electron chi connectivity index (χ2n) is 6.46. The van der Waals surface area contributed by atoms with Gasteiger partial charge in [0, 0.05) is 13.5 Å². The second-order valence-corrected chi connectivity index (χ2v) is 8.69. The van der Waals surface area contributed by atoms with Gasteiger partial charge in [0.25, 0.3) is 5.56 Å². The number of benzene rings is 1. The molecule has 2 heterocycles. The summed E-state index contributed by atoms with van der Waals surface area (Å²) >= 11 is 0. The summed E-state index contributed by atoms with van der Waals surface area (Å²) in [6.45, 7) is 1.76. The largest absolute Gasteiger partial charge is 0.320 e. The van der Waals surface area contributed by atoms with E-state index < -0.39 is 9.84 Å². The summed E-state index contributed by atoms with van der Waals surface area (Å²) in [5.41, 5.74) is 1.28. The van der Waals surface area contributed by atoms with Gasteiger partial charge in [-0.3, -0.25) is 14.3 Å². The lowest BCUT2D eigenvalue weighted by Gasteiger charge is -2.08. The van der Waals surface area contributed by atoms with E-state index in [4.69, 9.17) is 0 Å². The Labute approximate surface area is 146 Å². The Morgan fingerprint density at radius 3 is 2.56 bits per heavy atom. The summed E-state index contributed by atoms with van der Waals surface area (Å²) in [6.07, 6.45) is 0.607. The molecule has 0 radical (unpaired) electrons. The topological polar surface area (TPSA) is 90.2 Å². The minimum absolute atomic E-state index is 0.0441. The maximum absolute atomic E-state index is 12.7. The standard InChI is InChI=1S/C17H21N3O4S/c1-12-16(18-15(21)10-13-8-9-25(23,24)11-13)17(22)20(19(12)2)14-6-4-3-5-7-14/h3-7,13H,8-11H2,1-2H3,(H,18,21)/t13-/m1/s1. The molecule has 0 unspecified atom stereocenters. The molecule has 1 N–H and O–H groups in total. The van der Waals surface area contributed by atoms with E-state index in [0.717, 1.165) is 0 Å². The highest BCUT2D eigenvalue weighted by atomic mass is 32.2. The van der Waals surface area contributed by atoms with Crippen LogP contribution in [0.25, 0.3) is 5.69 Å². The van der Waals surface area contributed by atoms with Gasteiger partial charge in [0.15, 0.2) is 9.84 Å². The molecule has 25 heavy (non-hydrogen) atoms. The molecule has 0 saturated carbocycles. The Morgan fingerprint density at radius 1 is 1.28 bits per heavy atom. The molecule has 134 valence electrons. The Kier molecular flexibility index (Phi) is 4.55. The van der Waals surface area contributed by atoms with E-state index >= 15 is 0 Å². The molecular formula is C17H21N3O4S. The van der Waals surface area contributed by atoms with Gasteiger partial charge in [0.05, 0.1) is 22.9 Å². The van der Waals surface area contributed by atoms with Crippen molar-refractivity contribution in [3.63, 3.8) is 0 Å². The van der Waals surface area contributed by atoms with Crippen molar-refractivity contribution < 1.29 is 13.2 Å². The van der Waals surface area contributed by atoms with Gasteiger partial charge in [-0.2, -0.15) is 0 Å². The number of carbonyl (C=O) groups is 1. The Balaban J connectivity index is 1.82. The number of carbonyl (C=O) groups excluding carboxylic acids is 1. The number of anilines is 1. The van der Waals surface area contributed by atoms with Gasteiger partial charge in [0.1, 0.15) is 5.69 Å². The number of nitrogens with one attached hydrogen (secondary N) is 1. The molecule has 1 fully saturated rings. The predicted molar refractivity (Wildman–Crippen MR) is 95.8 cm³/mol. The number of aromatic nitrogens is 2. The number of hydrogen-bond acceptors (Lipinski definition) is 4. The molecule has 1 saturated heterocycles. The molecule has 0 bridgehead atoms. The number of para-hydroxylation sites is 1. The molecule has 3 rings (SSSR count). The number of amides is 1. The first kappa shape index (κ1) is 17.5. The lowest BCUT2D eigenvalue weighted by atomic mass is 10.1. The fourth-order valence-electron chi connectivity index (χ4n) is 3.20. The fourth-order valence-corrected chi connectivity index (χ4v) is 5.06. The normalized spacial score (nSPS) is 19.0. The zero-order valence-corrected chi connectivity index (χ0v) is 15.0. The summed E-state index contributed by atoms with van der Waals surface area (Å²) in [5, 5.41) is 2.68. The smallest absolute Gasteiger partial charge is 0.295 e. The quantitative estimate of drug-likeness (QED) is 0.885. The lowest BCUT2D eigenvalue weighted by molar-refractivity contribution is -0.116. The highest BCUT2D eigenvalue weighted by Gasteiger charge is 2.30. The van der Waals surface area contributed by atoms with Gasteiger partial charge in [-0.1, -0.05) is 18.2 Å². The van der Waals surface area contributed by atoms with Crippen molar-refractivity contribution in [1.82, 2.24) is 9.36 Å². The molecule has 1 atom stereocenters. The van der Waals surface area contributed by atoms with Crippen LogP contribution < -0.4 is 10.9 Å². The monoisotopic (exact) mass is 363 g/mol. The number of nitrogens with zero attached hydrogens (tertiary/aromatic N) is 2. The summed E-state index contributed by atoms with van der Waals surface area (Å²) in [6, 6.07) is 9.17. The van der Waals surface area contributed by atoms with E-state index in [1.54, 1.807) is 18.7 Å². The Hall–Kier alpha value is -2.35. The fraction of sp³-hybridized carbons (Fsp3) is 0.412. The van der Waals surface area contributed by atoms with Crippen LogP contribution in [0.4, 0.5) is 5.69 Å². The van der Waals surface area contributed by atoms with Crippen LogP contribution in [-0.2, 0) is 21.7 Å². The number of hydrogen-bond donors (Lipinski definition) is 1. The van der Waals surface area contributed by atoms with E-state index in [1.165, 1.54) is 4.68 Å². The summed E-state index contributed by atoms with van der Waals surface area (Å²) < 4.78 is 26.2.